The van der Waals surface area contributed by atoms with Crippen molar-refractivity contribution in [2.45, 2.75) is 52.4 Å². The fraction of sp³-hybridized carbons (Fsp3) is 0.941. The zero-order valence-corrected chi connectivity index (χ0v) is 14.2. The van der Waals surface area contributed by atoms with E-state index in [0.29, 0.717) is 5.41 Å². The minimum absolute atomic E-state index is 0.510. The molecular weight excluding hydrogens is 260 g/mol. The fourth-order valence-corrected chi connectivity index (χ4v) is 3.40. The van der Waals surface area contributed by atoms with Crippen LogP contribution < -0.4 is 10.6 Å². The van der Waals surface area contributed by atoms with E-state index in [1.165, 1.54) is 51.6 Å². The topological polar surface area (TPSA) is 39.7 Å². The first-order valence-corrected chi connectivity index (χ1v) is 8.88. The molecule has 1 aliphatic carbocycles. The lowest BCUT2D eigenvalue weighted by Crippen LogP contribution is -2.43. The van der Waals surface area contributed by atoms with Crippen molar-refractivity contribution >= 4 is 5.96 Å². The quantitative estimate of drug-likeness (QED) is 0.584. The maximum atomic E-state index is 4.86. The number of guanidine groups is 1. The van der Waals surface area contributed by atoms with E-state index in [1.807, 2.05) is 0 Å². The van der Waals surface area contributed by atoms with Gasteiger partial charge in [-0.2, -0.15) is 0 Å². The summed E-state index contributed by atoms with van der Waals surface area (Å²) >= 11 is 0. The summed E-state index contributed by atoms with van der Waals surface area (Å²) in [6, 6.07) is 0. The Morgan fingerprint density at radius 2 is 1.90 bits per heavy atom. The molecule has 2 fully saturated rings. The molecule has 0 aromatic heterocycles. The van der Waals surface area contributed by atoms with E-state index in [9.17, 15) is 0 Å². The Bertz CT molecular complexity index is 322. The number of piperidine rings is 1. The van der Waals surface area contributed by atoms with E-state index in [0.717, 1.165) is 31.5 Å². The van der Waals surface area contributed by atoms with Gasteiger partial charge in [0.1, 0.15) is 0 Å². The highest BCUT2D eigenvalue weighted by atomic mass is 15.2. The summed E-state index contributed by atoms with van der Waals surface area (Å²) < 4.78 is 0. The molecule has 0 radical (unpaired) electrons. The van der Waals surface area contributed by atoms with Crippen LogP contribution in [0.2, 0.25) is 0 Å². The third-order valence-electron chi connectivity index (χ3n) is 5.48. The predicted molar refractivity (Wildman–Crippen MR) is 90.8 cm³/mol. The van der Waals surface area contributed by atoms with Crippen LogP contribution in [0.25, 0.3) is 0 Å². The minimum Gasteiger partial charge on any atom is -0.357 e. The number of rotatable bonds is 6. The molecule has 4 nitrogen and oxygen atoms in total. The molecule has 0 bridgehead atoms. The number of likely N-dealkylation sites (tertiary alicyclic amines) is 1. The summed E-state index contributed by atoms with van der Waals surface area (Å²) in [5.41, 5.74) is 0.510. The molecule has 0 spiro atoms. The molecule has 2 aliphatic rings. The second-order valence-corrected chi connectivity index (χ2v) is 7.03. The lowest BCUT2D eigenvalue weighted by atomic mass is 9.67. The van der Waals surface area contributed by atoms with E-state index in [1.54, 1.807) is 0 Å². The smallest absolute Gasteiger partial charge is 0.191 e. The molecule has 2 N–H and O–H groups in total. The summed E-state index contributed by atoms with van der Waals surface area (Å²) in [7, 11) is 2.22. The molecule has 0 unspecified atom stereocenters. The summed E-state index contributed by atoms with van der Waals surface area (Å²) in [6.45, 7) is 9.93. The van der Waals surface area contributed by atoms with Gasteiger partial charge in [-0.15, -0.1) is 0 Å². The summed E-state index contributed by atoms with van der Waals surface area (Å²) in [4.78, 5) is 7.29. The van der Waals surface area contributed by atoms with E-state index >= 15 is 0 Å². The van der Waals surface area contributed by atoms with E-state index in [4.69, 9.17) is 4.99 Å². The molecule has 0 aromatic carbocycles. The molecule has 0 atom stereocenters. The van der Waals surface area contributed by atoms with Crippen LogP contribution in [-0.4, -0.2) is 50.6 Å². The van der Waals surface area contributed by atoms with Crippen molar-refractivity contribution in [3.8, 4) is 0 Å². The van der Waals surface area contributed by atoms with Gasteiger partial charge < -0.3 is 15.5 Å². The number of nitrogens with zero attached hydrogens (tertiary/aromatic N) is 2. The van der Waals surface area contributed by atoms with Crippen LogP contribution in [0.1, 0.15) is 52.4 Å². The monoisotopic (exact) mass is 294 g/mol. The molecule has 122 valence electrons. The lowest BCUT2D eigenvalue weighted by molar-refractivity contribution is 0.139. The number of nitrogens with one attached hydrogen (secondary N) is 2. The average Bonchev–Trinajstić information content (AvgIpc) is 2.45. The van der Waals surface area contributed by atoms with Gasteiger partial charge >= 0.3 is 0 Å². The van der Waals surface area contributed by atoms with E-state index in [-0.39, 0.29) is 0 Å². The van der Waals surface area contributed by atoms with Crippen molar-refractivity contribution in [1.82, 2.24) is 15.5 Å². The molecule has 2 rings (SSSR count). The molecule has 0 aromatic rings. The zero-order chi connectivity index (χ0) is 15.1. The lowest BCUT2D eigenvalue weighted by Gasteiger charge is -2.40. The number of hydrogen-bond donors (Lipinski definition) is 2. The normalized spacial score (nSPS) is 23.7. The van der Waals surface area contributed by atoms with Gasteiger partial charge in [-0.25, -0.2) is 0 Å². The maximum absolute atomic E-state index is 4.86. The predicted octanol–water partition coefficient (Wildman–Crippen LogP) is 2.46. The average molecular weight is 294 g/mol. The third-order valence-corrected chi connectivity index (χ3v) is 5.48. The summed E-state index contributed by atoms with van der Waals surface area (Å²) in [5, 5.41) is 6.97. The van der Waals surface area contributed by atoms with Gasteiger partial charge in [0.05, 0.1) is 0 Å². The van der Waals surface area contributed by atoms with Gasteiger partial charge in [0.15, 0.2) is 5.96 Å². The Morgan fingerprint density at radius 3 is 2.43 bits per heavy atom. The van der Waals surface area contributed by atoms with Crippen molar-refractivity contribution in [3.05, 3.63) is 0 Å². The van der Waals surface area contributed by atoms with E-state index < -0.39 is 0 Å². The molecule has 1 heterocycles. The van der Waals surface area contributed by atoms with E-state index in [2.05, 4.69) is 36.4 Å². The molecule has 1 saturated heterocycles. The summed E-state index contributed by atoms with van der Waals surface area (Å²) in [6.07, 6.45) is 8.00. The van der Waals surface area contributed by atoms with Crippen LogP contribution >= 0.6 is 0 Å². The van der Waals surface area contributed by atoms with Gasteiger partial charge in [-0.1, -0.05) is 13.3 Å². The Morgan fingerprint density at radius 1 is 1.19 bits per heavy atom. The largest absolute Gasteiger partial charge is 0.357 e. The van der Waals surface area contributed by atoms with Crippen molar-refractivity contribution in [3.63, 3.8) is 0 Å². The first-order chi connectivity index (χ1) is 10.2. The van der Waals surface area contributed by atoms with Crippen molar-refractivity contribution < 1.29 is 0 Å². The molecule has 4 heteroatoms. The second-order valence-electron chi connectivity index (χ2n) is 7.03. The van der Waals surface area contributed by atoms with Crippen LogP contribution in [0, 0.1) is 11.3 Å². The fourth-order valence-electron chi connectivity index (χ4n) is 3.40. The first kappa shape index (κ1) is 16.6. The zero-order valence-electron chi connectivity index (χ0n) is 14.2. The van der Waals surface area contributed by atoms with Crippen molar-refractivity contribution in [2.24, 2.45) is 16.3 Å². The SMILES string of the molecule is CCNC(=NCC1(CC)CCC1)NCC1CCN(C)CC1. The van der Waals surface area contributed by atoms with Gasteiger partial charge in [0.2, 0.25) is 0 Å². The Labute approximate surface area is 130 Å². The van der Waals surface area contributed by atoms with Crippen LogP contribution in [0.15, 0.2) is 4.99 Å². The van der Waals surface area contributed by atoms with Crippen LogP contribution in [-0.2, 0) is 0 Å². The van der Waals surface area contributed by atoms with Gasteiger partial charge in [0.25, 0.3) is 0 Å². The Kier molecular flexibility index (Phi) is 6.34. The first-order valence-electron chi connectivity index (χ1n) is 8.88. The van der Waals surface area contributed by atoms with Gasteiger partial charge in [0, 0.05) is 19.6 Å². The van der Waals surface area contributed by atoms with Crippen LogP contribution in [0.5, 0.6) is 0 Å². The number of aliphatic imine (C=N–C) groups is 1. The molecule has 0 amide bonds. The Balaban J connectivity index is 1.78. The molecule has 21 heavy (non-hydrogen) atoms. The van der Waals surface area contributed by atoms with Gasteiger partial charge in [-0.05, 0) is 70.5 Å². The highest BCUT2D eigenvalue weighted by molar-refractivity contribution is 5.79. The van der Waals surface area contributed by atoms with Crippen LogP contribution in [0.4, 0.5) is 0 Å². The highest BCUT2D eigenvalue weighted by Gasteiger charge is 2.34. The van der Waals surface area contributed by atoms with Crippen LogP contribution in [0.3, 0.4) is 0 Å². The number of hydrogen-bond acceptors (Lipinski definition) is 2. The third kappa shape index (κ3) is 4.87. The molecule has 1 saturated carbocycles. The summed E-state index contributed by atoms with van der Waals surface area (Å²) in [5.74, 6) is 1.82. The second kappa shape index (κ2) is 8.02. The highest BCUT2D eigenvalue weighted by Crippen LogP contribution is 2.43. The molecular formula is C17H34N4. The van der Waals surface area contributed by atoms with Crippen molar-refractivity contribution in [2.75, 3.05) is 39.8 Å². The Hall–Kier alpha value is -0.770. The van der Waals surface area contributed by atoms with Crippen molar-refractivity contribution in [1.29, 1.82) is 0 Å². The molecule has 1 aliphatic heterocycles. The van der Waals surface area contributed by atoms with Gasteiger partial charge in [-0.3, -0.25) is 4.99 Å². The standard InChI is InChI=1S/C17H34N4/c1-4-17(9-6-10-17)14-20-16(18-5-2)19-13-15-7-11-21(3)12-8-15/h15H,4-14H2,1-3H3,(H2,18,19,20). The maximum Gasteiger partial charge on any atom is 0.191 e. The minimum atomic E-state index is 0.510.